The van der Waals surface area contributed by atoms with Crippen molar-refractivity contribution in [2.75, 3.05) is 7.11 Å². The van der Waals surface area contributed by atoms with E-state index >= 15 is 0 Å². The van der Waals surface area contributed by atoms with Crippen molar-refractivity contribution in [2.45, 2.75) is 13.8 Å². The minimum absolute atomic E-state index is 0.0162. The van der Waals surface area contributed by atoms with Gasteiger partial charge in [-0.25, -0.2) is 0 Å². The second kappa shape index (κ2) is 3.34. The third kappa shape index (κ3) is 1.44. The highest BCUT2D eigenvalue weighted by Crippen LogP contribution is 2.19. The van der Waals surface area contributed by atoms with E-state index in [1.165, 1.54) is 6.92 Å². The summed E-state index contributed by atoms with van der Waals surface area (Å²) in [4.78, 5) is 15.1. The molecule has 0 N–H and O–H groups in total. The number of carbonyl (C=O) groups excluding carboxylic acids is 1. The Morgan fingerprint density at radius 2 is 2.25 bits per heavy atom. The van der Waals surface area contributed by atoms with Crippen LogP contribution in [0.5, 0.6) is 5.75 Å². The number of methoxy groups -OCH3 is 1. The Morgan fingerprint density at radius 3 is 2.67 bits per heavy atom. The largest absolute Gasteiger partial charge is 0.496 e. The van der Waals surface area contributed by atoms with Crippen molar-refractivity contribution in [1.82, 2.24) is 4.98 Å². The van der Waals surface area contributed by atoms with Gasteiger partial charge in [-0.2, -0.15) is 0 Å². The summed E-state index contributed by atoms with van der Waals surface area (Å²) in [6, 6.07) is 1.68. The van der Waals surface area contributed by atoms with Crippen molar-refractivity contribution >= 4 is 5.78 Å². The lowest BCUT2D eigenvalue weighted by molar-refractivity contribution is 0.101. The van der Waals surface area contributed by atoms with Crippen LogP contribution in [-0.2, 0) is 0 Å². The molecule has 0 aliphatic heterocycles. The molecule has 0 aliphatic rings. The number of carbonyl (C=O) groups is 1. The first-order chi connectivity index (χ1) is 5.66. The van der Waals surface area contributed by atoms with Crippen LogP contribution in [0.3, 0.4) is 0 Å². The Kier molecular flexibility index (Phi) is 2.43. The van der Waals surface area contributed by atoms with E-state index in [0.29, 0.717) is 17.0 Å². The first-order valence-electron chi connectivity index (χ1n) is 3.67. The van der Waals surface area contributed by atoms with Crippen LogP contribution in [0.1, 0.15) is 23.0 Å². The zero-order valence-electron chi connectivity index (χ0n) is 7.42. The summed E-state index contributed by atoms with van der Waals surface area (Å²) in [6.07, 6.45) is 1.63. The summed E-state index contributed by atoms with van der Waals surface area (Å²) < 4.78 is 5.03. The molecule has 0 aliphatic carbocycles. The first-order valence-corrected chi connectivity index (χ1v) is 3.67. The lowest BCUT2D eigenvalue weighted by Gasteiger charge is -2.06. The molecule has 1 aromatic rings. The summed E-state index contributed by atoms with van der Waals surface area (Å²) in [6.45, 7) is 3.30. The second-order valence-electron chi connectivity index (χ2n) is 2.53. The molecule has 0 radical (unpaired) electrons. The Balaban J connectivity index is 3.29. The van der Waals surface area contributed by atoms with Gasteiger partial charge in [0.05, 0.1) is 18.4 Å². The van der Waals surface area contributed by atoms with E-state index in [4.69, 9.17) is 4.74 Å². The number of ether oxygens (including phenoxy) is 1. The highest BCUT2D eigenvalue weighted by Gasteiger charge is 2.10. The van der Waals surface area contributed by atoms with Crippen LogP contribution in [0.15, 0.2) is 12.3 Å². The number of aryl methyl sites for hydroxylation is 1. The van der Waals surface area contributed by atoms with Gasteiger partial charge in [-0.1, -0.05) is 0 Å². The average molecular weight is 165 g/mol. The molecule has 1 rings (SSSR count). The van der Waals surface area contributed by atoms with E-state index in [1.54, 1.807) is 26.3 Å². The Morgan fingerprint density at radius 1 is 1.58 bits per heavy atom. The van der Waals surface area contributed by atoms with E-state index in [1.807, 2.05) is 0 Å². The lowest BCUT2D eigenvalue weighted by Crippen LogP contribution is -2.01. The zero-order chi connectivity index (χ0) is 9.14. The van der Waals surface area contributed by atoms with Crippen molar-refractivity contribution in [2.24, 2.45) is 0 Å². The fourth-order valence-electron chi connectivity index (χ4n) is 1.14. The molecule has 0 amide bonds. The number of pyridine rings is 1. The fourth-order valence-corrected chi connectivity index (χ4v) is 1.14. The van der Waals surface area contributed by atoms with Crippen molar-refractivity contribution in [3.05, 3.63) is 23.5 Å². The van der Waals surface area contributed by atoms with E-state index in [9.17, 15) is 4.79 Å². The summed E-state index contributed by atoms with van der Waals surface area (Å²) >= 11 is 0. The van der Waals surface area contributed by atoms with Gasteiger partial charge < -0.3 is 4.74 Å². The number of rotatable bonds is 2. The topological polar surface area (TPSA) is 39.2 Å². The van der Waals surface area contributed by atoms with Crippen molar-refractivity contribution in [1.29, 1.82) is 0 Å². The molecule has 1 heterocycles. The van der Waals surface area contributed by atoms with Gasteiger partial charge in [0.15, 0.2) is 5.78 Å². The fraction of sp³-hybridized carbons (Fsp3) is 0.333. The van der Waals surface area contributed by atoms with Crippen LogP contribution in [0, 0.1) is 6.92 Å². The molecule has 0 bridgehead atoms. The normalized spacial score (nSPS) is 9.58. The van der Waals surface area contributed by atoms with Crippen LogP contribution < -0.4 is 4.74 Å². The van der Waals surface area contributed by atoms with Crippen molar-refractivity contribution < 1.29 is 9.53 Å². The van der Waals surface area contributed by atoms with E-state index < -0.39 is 0 Å². The summed E-state index contributed by atoms with van der Waals surface area (Å²) in [5, 5.41) is 0. The average Bonchev–Trinajstić information content (AvgIpc) is 2.03. The molecule has 0 unspecified atom stereocenters. The maximum Gasteiger partial charge on any atom is 0.165 e. The van der Waals surface area contributed by atoms with Gasteiger partial charge in [-0.15, -0.1) is 0 Å². The Bertz CT molecular complexity index is 307. The van der Waals surface area contributed by atoms with Crippen LogP contribution in [0.25, 0.3) is 0 Å². The SMILES string of the molecule is COc1ccnc(C)c1C(C)=O. The number of ketones is 1. The molecule has 3 nitrogen and oxygen atoms in total. The van der Waals surface area contributed by atoms with E-state index in [-0.39, 0.29) is 5.78 Å². The molecule has 0 saturated carbocycles. The molecule has 64 valence electrons. The molecular weight excluding hydrogens is 154 g/mol. The Hall–Kier alpha value is -1.38. The highest BCUT2D eigenvalue weighted by atomic mass is 16.5. The number of nitrogens with zero attached hydrogens (tertiary/aromatic N) is 1. The molecule has 12 heavy (non-hydrogen) atoms. The van der Waals surface area contributed by atoms with Gasteiger partial charge in [0.25, 0.3) is 0 Å². The number of hydrogen-bond donors (Lipinski definition) is 0. The van der Waals surface area contributed by atoms with Crippen molar-refractivity contribution in [3.8, 4) is 5.75 Å². The predicted octanol–water partition coefficient (Wildman–Crippen LogP) is 1.60. The van der Waals surface area contributed by atoms with Crippen LogP contribution in [-0.4, -0.2) is 17.9 Å². The quantitative estimate of drug-likeness (QED) is 0.625. The first kappa shape index (κ1) is 8.71. The maximum absolute atomic E-state index is 11.1. The smallest absolute Gasteiger partial charge is 0.165 e. The summed E-state index contributed by atoms with van der Waals surface area (Å²) in [5.41, 5.74) is 1.28. The minimum Gasteiger partial charge on any atom is -0.496 e. The minimum atomic E-state index is -0.0162. The van der Waals surface area contributed by atoms with Gasteiger partial charge in [0.2, 0.25) is 0 Å². The number of Topliss-reactive ketones (excluding diaryl/α,β-unsaturated/α-hetero) is 1. The van der Waals surface area contributed by atoms with Crippen LogP contribution >= 0.6 is 0 Å². The van der Waals surface area contributed by atoms with Gasteiger partial charge in [-0.05, 0) is 19.9 Å². The lowest BCUT2D eigenvalue weighted by atomic mass is 10.1. The van der Waals surface area contributed by atoms with Gasteiger partial charge >= 0.3 is 0 Å². The zero-order valence-corrected chi connectivity index (χ0v) is 7.42. The molecule has 0 saturated heterocycles. The molecule has 0 aromatic carbocycles. The molecular formula is C9H11NO2. The summed E-state index contributed by atoms with van der Waals surface area (Å²) in [5.74, 6) is 0.576. The molecule has 3 heteroatoms. The number of aromatic nitrogens is 1. The van der Waals surface area contributed by atoms with Crippen LogP contribution in [0.4, 0.5) is 0 Å². The van der Waals surface area contributed by atoms with E-state index in [2.05, 4.69) is 4.98 Å². The predicted molar refractivity (Wildman–Crippen MR) is 45.5 cm³/mol. The van der Waals surface area contributed by atoms with Crippen LogP contribution in [0.2, 0.25) is 0 Å². The van der Waals surface area contributed by atoms with Gasteiger partial charge in [0.1, 0.15) is 5.75 Å². The van der Waals surface area contributed by atoms with Gasteiger partial charge in [0, 0.05) is 6.20 Å². The van der Waals surface area contributed by atoms with E-state index in [0.717, 1.165) is 0 Å². The van der Waals surface area contributed by atoms with Gasteiger partial charge in [-0.3, -0.25) is 9.78 Å². The summed E-state index contributed by atoms with van der Waals surface area (Å²) in [7, 11) is 1.54. The third-order valence-corrected chi connectivity index (χ3v) is 1.67. The maximum atomic E-state index is 11.1. The molecule has 0 spiro atoms. The standard InChI is InChI=1S/C9H11NO2/c1-6-9(7(2)11)8(12-3)4-5-10-6/h4-5H,1-3H3. The molecule has 1 aromatic heterocycles. The third-order valence-electron chi connectivity index (χ3n) is 1.67. The Labute approximate surface area is 71.4 Å². The molecule has 0 fully saturated rings. The second-order valence-corrected chi connectivity index (χ2v) is 2.53. The van der Waals surface area contributed by atoms with Crippen molar-refractivity contribution in [3.63, 3.8) is 0 Å². The monoisotopic (exact) mass is 165 g/mol. The number of hydrogen-bond acceptors (Lipinski definition) is 3. The molecule has 0 atom stereocenters. The highest BCUT2D eigenvalue weighted by molar-refractivity contribution is 5.97.